The molecule has 2 N–H and O–H groups in total. The van der Waals surface area contributed by atoms with Crippen molar-refractivity contribution in [1.29, 1.82) is 0 Å². The highest BCUT2D eigenvalue weighted by Crippen LogP contribution is 2.44. The van der Waals surface area contributed by atoms with Gasteiger partial charge in [0.25, 0.3) is 0 Å². The van der Waals surface area contributed by atoms with Crippen molar-refractivity contribution < 1.29 is 19.7 Å². The molecule has 2 unspecified atom stereocenters. The number of rotatable bonds is 14. The third-order valence-corrected chi connectivity index (χ3v) is 6.86. The summed E-state index contributed by atoms with van der Waals surface area (Å²) < 4.78 is 11.0. The van der Waals surface area contributed by atoms with Gasteiger partial charge in [0.1, 0.15) is 11.4 Å². The van der Waals surface area contributed by atoms with E-state index in [2.05, 4.69) is 13.8 Å². The molecule has 1 aliphatic carbocycles. The van der Waals surface area contributed by atoms with Crippen LogP contribution in [0.1, 0.15) is 90.0 Å². The minimum atomic E-state index is -1.22. The summed E-state index contributed by atoms with van der Waals surface area (Å²) in [5, 5.41) is 22.9. The Morgan fingerprint density at radius 3 is 2.23 bits per heavy atom. The van der Waals surface area contributed by atoms with E-state index in [4.69, 9.17) is 9.47 Å². The monoisotopic (exact) mass is 420 g/mol. The lowest BCUT2D eigenvalue weighted by Crippen LogP contribution is -2.47. The molecular weight excluding hydrogens is 376 g/mol. The van der Waals surface area contributed by atoms with Crippen LogP contribution < -0.4 is 4.74 Å². The third kappa shape index (κ3) is 7.25. The zero-order valence-electron chi connectivity index (χ0n) is 19.4. The van der Waals surface area contributed by atoms with E-state index < -0.39 is 11.7 Å². The van der Waals surface area contributed by atoms with Gasteiger partial charge in [0, 0.05) is 13.2 Å². The molecule has 0 heterocycles. The van der Waals surface area contributed by atoms with Crippen molar-refractivity contribution in [2.45, 2.75) is 96.2 Å². The first-order valence-electron chi connectivity index (χ1n) is 12.1. The van der Waals surface area contributed by atoms with E-state index >= 15 is 0 Å². The lowest BCUT2D eigenvalue weighted by molar-refractivity contribution is -0.135. The summed E-state index contributed by atoms with van der Waals surface area (Å²) >= 11 is 0. The zero-order valence-corrected chi connectivity index (χ0v) is 19.4. The largest absolute Gasteiger partial charge is 0.497 e. The molecule has 1 saturated carbocycles. The van der Waals surface area contributed by atoms with E-state index in [-0.39, 0.29) is 5.92 Å². The van der Waals surface area contributed by atoms with Gasteiger partial charge in [-0.2, -0.15) is 0 Å². The van der Waals surface area contributed by atoms with Gasteiger partial charge >= 0.3 is 0 Å². The highest BCUT2D eigenvalue weighted by molar-refractivity contribution is 5.32. The Bertz CT molecular complexity index is 565. The highest BCUT2D eigenvalue weighted by Gasteiger charge is 2.45. The summed E-state index contributed by atoms with van der Waals surface area (Å²) in [5.74, 6) is 1.54. The fourth-order valence-electron chi connectivity index (χ4n) is 4.77. The van der Waals surface area contributed by atoms with Crippen LogP contribution in [0, 0.1) is 11.8 Å². The maximum absolute atomic E-state index is 11.8. The number of hydrogen-bond donors (Lipinski definition) is 2. The minimum Gasteiger partial charge on any atom is -0.497 e. The second kappa shape index (κ2) is 13.3. The molecule has 0 radical (unpaired) electrons. The molecule has 1 aromatic carbocycles. The lowest BCUT2D eigenvalue weighted by atomic mass is 9.68. The van der Waals surface area contributed by atoms with Crippen molar-refractivity contribution in [1.82, 2.24) is 0 Å². The van der Waals surface area contributed by atoms with Crippen molar-refractivity contribution >= 4 is 0 Å². The number of unbranched alkanes of at least 4 members (excludes halogenated alkanes) is 4. The van der Waals surface area contributed by atoms with E-state index in [0.717, 1.165) is 56.4 Å². The summed E-state index contributed by atoms with van der Waals surface area (Å²) in [4.78, 5) is 0. The zero-order chi connectivity index (χ0) is 21.8. The molecule has 4 heteroatoms. The summed E-state index contributed by atoms with van der Waals surface area (Å²) in [6.45, 7) is 5.94. The number of aliphatic hydroxyl groups excluding tert-OH is 1. The first-order chi connectivity index (χ1) is 14.5. The topological polar surface area (TPSA) is 58.9 Å². The Balaban J connectivity index is 1.91. The van der Waals surface area contributed by atoms with Gasteiger partial charge < -0.3 is 19.7 Å². The lowest BCUT2D eigenvalue weighted by Gasteiger charge is -2.43. The summed E-state index contributed by atoms with van der Waals surface area (Å²) in [6.07, 6.45) is 10.8. The van der Waals surface area contributed by atoms with Crippen molar-refractivity contribution in [3.8, 4) is 5.75 Å². The van der Waals surface area contributed by atoms with Crippen LogP contribution in [0.5, 0.6) is 5.75 Å². The second-order valence-corrected chi connectivity index (χ2v) is 9.20. The van der Waals surface area contributed by atoms with Gasteiger partial charge in [0.05, 0.1) is 13.2 Å². The van der Waals surface area contributed by atoms with Gasteiger partial charge in [-0.15, -0.1) is 0 Å². The predicted molar refractivity (Wildman–Crippen MR) is 123 cm³/mol. The molecule has 1 aromatic rings. The first-order valence-corrected chi connectivity index (χ1v) is 12.1. The maximum Gasteiger partial charge on any atom is 0.118 e. The molecule has 0 bridgehead atoms. The van der Waals surface area contributed by atoms with Crippen LogP contribution in [-0.4, -0.2) is 36.6 Å². The molecule has 0 spiro atoms. The SMILES string of the molecule is CCCCCCCOCCCC(O)C(O)(c1ccc(OC)cc1)C1CCC(C)CC1. The number of hydrogen-bond acceptors (Lipinski definition) is 4. The molecule has 2 rings (SSSR count). The van der Waals surface area contributed by atoms with Crippen molar-refractivity contribution in [3.63, 3.8) is 0 Å². The van der Waals surface area contributed by atoms with Gasteiger partial charge in [-0.25, -0.2) is 0 Å². The Kier molecular flexibility index (Phi) is 11.2. The maximum atomic E-state index is 11.8. The van der Waals surface area contributed by atoms with Crippen LogP contribution in [0.15, 0.2) is 24.3 Å². The molecule has 0 amide bonds. The molecule has 0 aromatic heterocycles. The second-order valence-electron chi connectivity index (χ2n) is 9.20. The molecule has 172 valence electrons. The number of benzene rings is 1. The van der Waals surface area contributed by atoms with Gasteiger partial charge in [0.2, 0.25) is 0 Å². The fraction of sp³-hybridized carbons (Fsp3) is 0.769. The van der Waals surface area contributed by atoms with E-state index in [0.29, 0.717) is 18.9 Å². The number of aliphatic hydroxyl groups is 2. The Morgan fingerprint density at radius 2 is 1.60 bits per heavy atom. The minimum absolute atomic E-state index is 0.0802. The summed E-state index contributed by atoms with van der Waals surface area (Å²) in [7, 11) is 1.64. The average molecular weight is 421 g/mol. The first kappa shape index (κ1) is 25.2. The molecular formula is C26H44O4. The molecule has 0 saturated heterocycles. The Morgan fingerprint density at radius 1 is 0.967 bits per heavy atom. The standard InChI is InChI=1S/C26H44O4/c1-4-5-6-7-8-19-30-20-9-10-25(27)26(28,22-13-11-21(2)12-14-22)23-15-17-24(29-3)18-16-23/h15-18,21-22,25,27-28H,4-14,19-20H2,1-3H3. The quantitative estimate of drug-likeness (QED) is 0.371. The van der Waals surface area contributed by atoms with Crippen LogP contribution in [0.3, 0.4) is 0 Å². The van der Waals surface area contributed by atoms with Gasteiger partial charge in [-0.05, 0) is 61.6 Å². The molecule has 2 atom stereocenters. The van der Waals surface area contributed by atoms with Crippen LogP contribution in [0.4, 0.5) is 0 Å². The smallest absolute Gasteiger partial charge is 0.118 e. The van der Waals surface area contributed by atoms with Gasteiger partial charge in [0.15, 0.2) is 0 Å². The van der Waals surface area contributed by atoms with E-state index in [9.17, 15) is 10.2 Å². The molecule has 30 heavy (non-hydrogen) atoms. The number of methoxy groups -OCH3 is 1. The van der Waals surface area contributed by atoms with Crippen LogP contribution in [-0.2, 0) is 10.3 Å². The van der Waals surface area contributed by atoms with Crippen molar-refractivity contribution in [3.05, 3.63) is 29.8 Å². The van der Waals surface area contributed by atoms with E-state index in [1.807, 2.05) is 24.3 Å². The van der Waals surface area contributed by atoms with Crippen molar-refractivity contribution in [2.75, 3.05) is 20.3 Å². The third-order valence-electron chi connectivity index (χ3n) is 6.86. The van der Waals surface area contributed by atoms with Crippen LogP contribution >= 0.6 is 0 Å². The number of ether oxygens (including phenoxy) is 2. The highest BCUT2D eigenvalue weighted by atomic mass is 16.5. The molecule has 1 fully saturated rings. The van der Waals surface area contributed by atoms with Gasteiger partial charge in [-0.1, -0.05) is 64.5 Å². The fourth-order valence-corrected chi connectivity index (χ4v) is 4.77. The Hall–Kier alpha value is -1.10. The molecule has 1 aliphatic rings. The predicted octanol–water partition coefficient (Wildman–Crippen LogP) is 5.84. The van der Waals surface area contributed by atoms with Crippen LogP contribution in [0.2, 0.25) is 0 Å². The molecule has 4 nitrogen and oxygen atoms in total. The summed E-state index contributed by atoms with van der Waals surface area (Å²) in [5.41, 5.74) is -0.417. The Labute approximate surface area is 184 Å². The summed E-state index contributed by atoms with van der Waals surface area (Å²) in [6, 6.07) is 7.57. The van der Waals surface area contributed by atoms with Crippen molar-refractivity contribution in [2.24, 2.45) is 11.8 Å². The normalized spacial score (nSPS) is 22.4. The van der Waals surface area contributed by atoms with Gasteiger partial charge in [-0.3, -0.25) is 0 Å². The molecule has 0 aliphatic heterocycles. The average Bonchev–Trinajstić information content (AvgIpc) is 2.77. The van der Waals surface area contributed by atoms with E-state index in [1.54, 1.807) is 7.11 Å². The van der Waals surface area contributed by atoms with Crippen LogP contribution in [0.25, 0.3) is 0 Å². The van der Waals surface area contributed by atoms with E-state index in [1.165, 1.54) is 25.7 Å².